The maximum Gasteiger partial charge on any atom is 0.319 e. The van der Waals surface area contributed by atoms with Crippen molar-refractivity contribution in [2.45, 2.75) is 52.0 Å². The lowest BCUT2D eigenvalue weighted by atomic mass is 10.0. The Balaban J connectivity index is 1.13. The lowest BCUT2D eigenvalue weighted by Crippen LogP contribution is -2.52. The molecule has 40 heavy (non-hydrogen) atoms. The quantitative estimate of drug-likeness (QED) is 0.323. The Morgan fingerprint density at radius 3 is 2.50 bits per heavy atom. The average Bonchev–Trinajstić information content (AvgIpc) is 3.27. The van der Waals surface area contributed by atoms with Crippen LogP contribution in [0.15, 0.2) is 60.7 Å². The number of urea groups is 1. The number of piperidine rings is 1. The third-order valence-corrected chi connectivity index (χ3v) is 7.13. The van der Waals surface area contributed by atoms with Crippen LogP contribution in [0.1, 0.15) is 51.0 Å². The number of imide groups is 1. The summed E-state index contributed by atoms with van der Waals surface area (Å²) in [5, 5.41) is 7.97. The highest BCUT2D eigenvalue weighted by atomic mass is 16.5. The average molecular weight is 542 g/mol. The summed E-state index contributed by atoms with van der Waals surface area (Å²) in [6.45, 7) is 3.39. The molecular weight excluding hydrogens is 510 g/mol. The fourth-order valence-electron chi connectivity index (χ4n) is 4.92. The van der Waals surface area contributed by atoms with Crippen LogP contribution in [0.5, 0.6) is 5.75 Å². The van der Waals surface area contributed by atoms with Gasteiger partial charge >= 0.3 is 6.03 Å². The van der Waals surface area contributed by atoms with Crippen molar-refractivity contribution in [1.29, 1.82) is 0 Å². The van der Waals surface area contributed by atoms with Crippen molar-refractivity contribution in [1.82, 2.24) is 15.5 Å². The number of nitrogens with two attached hydrogens (primary N) is 1. The molecule has 206 valence electrons. The Bertz CT molecular complexity index is 1470. The molecule has 1 saturated heterocycles. The number of nitrogens with zero attached hydrogens (tertiary/aromatic N) is 1. The number of carbonyl (C=O) groups is 4. The zero-order valence-electron chi connectivity index (χ0n) is 22.2. The summed E-state index contributed by atoms with van der Waals surface area (Å²) in [5.74, 6) is -0.258. The van der Waals surface area contributed by atoms with Crippen molar-refractivity contribution < 1.29 is 23.9 Å². The first-order valence-electron chi connectivity index (χ1n) is 13.1. The molecule has 2 aliphatic heterocycles. The summed E-state index contributed by atoms with van der Waals surface area (Å²) in [6.07, 6.45) is 0.522. The Morgan fingerprint density at radius 2 is 1.77 bits per heavy atom. The number of fused-ring (bicyclic) bond motifs is 1. The number of anilines is 1. The second-order valence-corrected chi connectivity index (χ2v) is 9.99. The van der Waals surface area contributed by atoms with Crippen LogP contribution in [0.2, 0.25) is 0 Å². The van der Waals surface area contributed by atoms with Crippen LogP contribution in [-0.4, -0.2) is 34.7 Å². The van der Waals surface area contributed by atoms with Gasteiger partial charge in [0.05, 0.1) is 0 Å². The molecule has 0 spiro atoms. The number of hydrogen-bond acceptors (Lipinski definition) is 6. The van der Waals surface area contributed by atoms with Crippen LogP contribution in [0.4, 0.5) is 10.5 Å². The minimum absolute atomic E-state index is 0.208. The summed E-state index contributed by atoms with van der Waals surface area (Å²) < 4.78 is 5.94. The number of rotatable bonds is 8. The van der Waals surface area contributed by atoms with Crippen LogP contribution in [0, 0.1) is 6.92 Å². The van der Waals surface area contributed by atoms with E-state index in [1.165, 1.54) is 4.90 Å². The SMILES string of the molecule is Cc1cc(NC(=O)NCc2ccc3c(c2)CN(C2CCC(=O)NC2=O)C3=O)ccc1OCc1ccc(CN)cc1. The number of nitrogens with one attached hydrogen (secondary N) is 3. The summed E-state index contributed by atoms with van der Waals surface area (Å²) in [6, 6.07) is 17.7. The highest BCUT2D eigenvalue weighted by Crippen LogP contribution is 2.28. The molecule has 5 amide bonds. The number of ether oxygens (including phenoxy) is 1. The first kappa shape index (κ1) is 26.9. The second-order valence-electron chi connectivity index (χ2n) is 9.99. The Hall–Kier alpha value is -4.70. The van der Waals surface area contributed by atoms with Gasteiger partial charge in [0.15, 0.2) is 0 Å². The van der Waals surface area contributed by atoms with Gasteiger partial charge in [0, 0.05) is 37.3 Å². The fourth-order valence-corrected chi connectivity index (χ4v) is 4.92. The number of benzene rings is 3. The maximum absolute atomic E-state index is 12.9. The molecule has 5 rings (SSSR count). The summed E-state index contributed by atoms with van der Waals surface area (Å²) >= 11 is 0. The van der Waals surface area contributed by atoms with Crippen molar-refractivity contribution in [3.05, 3.63) is 94.0 Å². The molecular formula is C30H31N5O5. The van der Waals surface area contributed by atoms with Crippen LogP contribution < -0.4 is 26.4 Å². The van der Waals surface area contributed by atoms with Crippen LogP contribution >= 0.6 is 0 Å². The molecule has 0 saturated carbocycles. The fraction of sp³-hybridized carbons (Fsp3) is 0.267. The molecule has 0 radical (unpaired) electrons. The van der Waals surface area contributed by atoms with E-state index in [1.807, 2.05) is 49.4 Å². The zero-order chi connectivity index (χ0) is 28.2. The molecule has 1 unspecified atom stereocenters. The van der Waals surface area contributed by atoms with Gasteiger partial charge in [0.25, 0.3) is 5.91 Å². The van der Waals surface area contributed by atoms with E-state index < -0.39 is 11.9 Å². The van der Waals surface area contributed by atoms with Crippen LogP contribution in [-0.2, 0) is 35.8 Å². The predicted molar refractivity (Wildman–Crippen MR) is 148 cm³/mol. The van der Waals surface area contributed by atoms with Crippen molar-refractivity contribution in [3.8, 4) is 5.75 Å². The van der Waals surface area contributed by atoms with E-state index in [4.69, 9.17) is 10.5 Å². The summed E-state index contributed by atoms with van der Waals surface area (Å²) in [4.78, 5) is 50.6. The topological polar surface area (TPSA) is 143 Å². The molecule has 10 nitrogen and oxygen atoms in total. The number of aryl methyl sites for hydroxylation is 1. The Morgan fingerprint density at radius 1 is 1.02 bits per heavy atom. The molecule has 0 aliphatic carbocycles. The second kappa shape index (κ2) is 11.6. The molecule has 3 aromatic rings. The standard InChI is InChI=1S/C30H31N5O5/c1-18-12-23(7-10-26(18)40-17-20-4-2-19(14-31)3-5-20)33-30(39)32-15-21-6-8-24-22(13-21)16-35(29(24)38)25-9-11-27(36)34-28(25)37/h2-8,10,12-13,25H,9,11,14-17,31H2,1H3,(H2,32,33,39)(H,34,36,37). The van der Waals surface area contributed by atoms with E-state index in [0.29, 0.717) is 30.8 Å². The molecule has 2 aliphatic rings. The van der Waals surface area contributed by atoms with Gasteiger partial charge in [-0.2, -0.15) is 0 Å². The van der Waals surface area contributed by atoms with E-state index in [-0.39, 0.29) is 37.4 Å². The minimum Gasteiger partial charge on any atom is -0.489 e. The van der Waals surface area contributed by atoms with Crippen molar-refractivity contribution >= 4 is 29.4 Å². The first-order chi connectivity index (χ1) is 19.3. The Labute approximate surface area is 231 Å². The van der Waals surface area contributed by atoms with E-state index in [9.17, 15) is 19.2 Å². The monoisotopic (exact) mass is 541 g/mol. The lowest BCUT2D eigenvalue weighted by molar-refractivity contribution is -0.136. The maximum atomic E-state index is 12.9. The molecule has 5 N–H and O–H groups in total. The largest absolute Gasteiger partial charge is 0.489 e. The number of carbonyl (C=O) groups excluding carboxylic acids is 4. The van der Waals surface area contributed by atoms with Crippen LogP contribution in [0.25, 0.3) is 0 Å². The number of amides is 5. The highest BCUT2D eigenvalue weighted by Gasteiger charge is 2.39. The molecule has 3 aromatic carbocycles. The van der Waals surface area contributed by atoms with Crippen molar-refractivity contribution in [2.75, 3.05) is 5.32 Å². The molecule has 1 fully saturated rings. The highest BCUT2D eigenvalue weighted by molar-refractivity contribution is 6.05. The van der Waals surface area contributed by atoms with E-state index >= 15 is 0 Å². The Kier molecular flexibility index (Phi) is 7.79. The van der Waals surface area contributed by atoms with E-state index in [1.54, 1.807) is 18.2 Å². The van der Waals surface area contributed by atoms with Crippen LogP contribution in [0.3, 0.4) is 0 Å². The van der Waals surface area contributed by atoms with Gasteiger partial charge in [0.2, 0.25) is 11.8 Å². The van der Waals surface area contributed by atoms with Gasteiger partial charge in [-0.05, 0) is 65.4 Å². The molecule has 10 heteroatoms. The van der Waals surface area contributed by atoms with Gasteiger partial charge in [-0.15, -0.1) is 0 Å². The molecule has 0 aromatic heterocycles. The predicted octanol–water partition coefficient (Wildman–Crippen LogP) is 3.12. The van der Waals surface area contributed by atoms with Gasteiger partial charge in [-0.3, -0.25) is 19.7 Å². The lowest BCUT2D eigenvalue weighted by Gasteiger charge is -2.29. The van der Waals surface area contributed by atoms with Gasteiger partial charge < -0.3 is 26.0 Å². The van der Waals surface area contributed by atoms with Gasteiger partial charge in [-0.1, -0.05) is 36.4 Å². The van der Waals surface area contributed by atoms with Gasteiger partial charge in [0.1, 0.15) is 18.4 Å². The van der Waals surface area contributed by atoms with E-state index in [2.05, 4.69) is 16.0 Å². The summed E-state index contributed by atoms with van der Waals surface area (Å²) in [7, 11) is 0. The van der Waals surface area contributed by atoms with Crippen molar-refractivity contribution in [2.24, 2.45) is 5.73 Å². The number of hydrogen-bond donors (Lipinski definition) is 4. The smallest absolute Gasteiger partial charge is 0.319 e. The zero-order valence-corrected chi connectivity index (χ0v) is 22.2. The van der Waals surface area contributed by atoms with Gasteiger partial charge in [-0.25, -0.2) is 4.79 Å². The minimum atomic E-state index is -0.659. The molecule has 0 bridgehead atoms. The first-order valence-corrected chi connectivity index (χ1v) is 13.1. The third kappa shape index (κ3) is 5.97. The summed E-state index contributed by atoms with van der Waals surface area (Å²) in [5.41, 5.74) is 11.4. The van der Waals surface area contributed by atoms with Crippen molar-refractivity contribution in [3.63, 3.8) is 0 Å². The molecule has 2 heterocycles. The molecule has 1 atom stereocenters. The normalized spacial score (nSPS) is 16.4. The third-order valence-electron chi connectivity index (χ3n) is 7.13. The van der Waals surface area contributed by atoms with E-state index in [0.717, 1.165) is 33.6 Å².